The minimum Gasteiger partial charge on any atom is -0.508 e. The largest absolute Gasteiger partial charge is 0.508 e. The maximum Gasteiger partial charge on any atom is 0.330 e. The van der Waals surface area contributed by atoms with Crippen LogP contribution in [-0.2, 0) is 4.79 Å². The van der Waals surface area contributed by atoms with Crippen LogP contribution in [0.1, 0.15) is 31.7 Å². The Hall–Kier alpha value is -2.50. The van der Waals surface area contributed by atoms with Crippen molar-refractivity contribution in [2.45, 2.75) is 33.1 Å². The number of aryl methyl sites for hydroxylation is 1. The van der Waals surface area contributed by atoms with Crippen LogP contribution in [0.25, 0.3) is 0 Å². The molecule has 4 N–H and O–H groups in total. The van der Waals surface area contributed by atoms with E-state index >= 15 is 0 Å². The Labute approximate surface area is 129 Å². The quantitative estimate of drug-likeness (QED) is 0.459. The van der Waals surface area contributed by atoms with Crippen molar-refractivity contribution in [1.29, 1.82) is 0 Å². The number of carboxylic acid groups (broad SMARTS) is 1. The minimum absolute atomic E-state index is 0.137. The molecule has 0 unspecified atom stereocenters. The van der Waals surface area contributed by atoms with Crippen LogP contribution in [-0.4, -0.2) is 28.8 Å². The van der Waals surface area contributed by atoms with Crippen LogP contribution in [0.15, 0.2) is 29.8 Å². The highest BCUT2D eigenvalue weighted by Crippen LogP contribution is 2.20. The van der Waals surface area contributed by atoms with E-state index in [1.807, 2.05) is 0 Å². The van der Waals surface area contributed by atoms with Crippen LogP contribution in [0.3, 0.4) is 0 Å². The fourth-order valence-electron chi connectivity index (χ4n) is 1.74. The van der Waals surface area contributed by atoms with Gasteiger partial charge in [0.05, 0.1) is 0 Å². The van der Waals surface area contributed by atoms with Crippen molar-refractivity contribution in [2.75, 3.05) is 11.9 Å². The zero-order valence-corrected chi connectivity index (χ0v) is 12.8. The summed E-state index contributed by atoms with van der Waals surface area (Å²) < 4.78 is 0. The summed E-state index contributed by atoms with van der Waals surface area (Å²) in [6, 6.07) is 4.60. The molecule has 0 aliphatic rings. The Morgan fingerprint density at radius 2 is 2.00 bits per heavy atom. The SMILES string of the molecule is CC(=CCCCCNC(=O)Nc1ccc(C)c(O)c1)C(=O)O. The third kappa shape index (κ3) is 6.30. The fourth-order valence-corrected chi connectivity index (χ4v) is 1.74. The van der Waals surface area contributed by atoms with E-state index in [1.165, 1.54) is 6.07 Å². The number of nitrogens with one attached hydrogen (secondary N) is 2. The standard InChI is InChI=1S/C16H22N2O4/c1-11-7-8-13(10-14(11)19)18-16(22)17-9-5-3-4-6-12(2)15(20)21/h6-8,10,19H,3-5,9H2,1-2H3,(H,20,21)(H2,17,18,22). The summed E-state index contributed by atoms with van der Waals surface area (Å²) >= 11 is 0. The lowest BCUT2D eigenvalue weighted by Gasteiger charge is -2.08. The van der Waals surface area contributed by atoms with Gasteiger partial charge in [-0.3, -0.25) is 0 Å². The predicted molar refractivity (Wildman–Crippen MR) is 85.1 cm³/mol. The normalized spacial score (nSPS) is 11.1. The third-order valence-corrected chi connectivity index (χ3v) is 3.17. The van der Waals surface area contributed by atoms with Crippen LogP contribution >= 0.6 is 0 Å². The van der Waals surface area contributed by atoms with Crippen LogP contribution in [0.2, 0.25) is 0 Å². The fraction of sp³-hybridized carbons (Fsp3) is 0.375. The lowest BCUT2D eigenvalue weighted by Crippen LogP contribution is -2.29. The second-order valence-corrected chi connectivity index (χ2v) is 5.07. The Kier molecular flexibility index (Phi) is 6.95. The number of benzene rings is 1. The minimum atomic E-state index is -0.904. The van der Waals surface area contributed by atoms with Crippen molar-refractivity contribution < 1.29 is 19.8 Å². The molecule has 0 saturated carbocycles. The van der Waals surface area contributed by atoms with Gasteiger partial charge in [-0.15, -0.1) is 0 Å². The molecule has 0 fully saturated rings. The number of carbonyl (C=O) groups excluding carboxylic acids is 1. The van der Waals surface area contributed by atoms with Crippen molar-refractivity contribution in [1.82, 2.24) is 5.32 Å². The number of hydrogen-bond acceptors (Lipinski definition) is 3. The maximum atomic E-state index is 11.6. The number of carbonyl (C=O) groups is 2. The van der Waals surface area contributed by atoms with Gasteiger partial charge in [-0.25, -0.2) is 9.59 Å². The van der Waals surface area contributed by atoms with Gasteiger partial charge in [0.25, 0.3) is 0 Å². The number of amides is 2. The van der Waals surface area contributed by atoms with Gasteiger partial charge in [-0.2, -0.15) is 0 Å². The smallest absolute Gasteiger partial charge is 0.330 e. The van der Waals surface area contributed by atoms with Gasteiger partial charge in [-0.05, 0) is 44.7 Å². The van der Waals surface area contributed by atoms with E-state index in [1.54, 1.807) is 32.1 Å². The number of aromatic hydroxyl groups is 1. The Balaban J connectivity index is 2.22. The highest BCUT2D eigenvalue weighted by molar-refractivity contribution is 5.89. The van der Waals surface area contributed by atoms with Gasteiger partial charge >= 0.3 is 12.0 Å². The molecule has 1 rings (SSSR count). The maximum absolute atomic E-state index is 11.6. The number of carboxylic acids is 1. The van der Waals surface area contributed by atoms with E-state index in [2.05, 4.69) is 10.6 Å². The molecule has 1 aromatic carbocycles. The lowest BCUT2D eigenvalue weighted by molar-refractivity contribution is -0.132. The molecule has 0 aliphatic heterocycles. The molecular formula is C16H22N2O4. The third-order valence-electron chi connectivity index (χ3n) is 3.17. The van der Waals surface area contributed by atoms with Crippen LogP contribution in [0, 0.1) is 6.92 Å². The summed E-state index contributed by atoms with van der Waals surface area (Å²) in [5.41, 5.74) is 1.61. The predicted octanol–water partition coefficient (Wildman–Crippen LogP) is 3.02. The number of rotatable bonds is 7. The molecule has 0 spiro atoms. The molecule has 6 nitrogen and oxygen atoms in total. The van der Waals surface area contributed by atoms with E-state index < -0.39 is 5.97 Å². The van der Waals surface area contributed by atoms with Gasteiger partial charge in [0.2, 0.25) is 0 Å². The zero-order valence-electron chi connectivity index (χ0n) is 12.8. The van der Waals surface area contributed by atoms with Gasteiger partial charge in [-0.1, -0.05) is 12.1 Å². The van der Waals surface area contributed by atoms with E-state index in [0.717, 1.165) is 18.4 Å². The van der Waals surface area contributed by atoms with Crippen molar-refractivity contribution in [3.63, 3.8) is 0 Å². The van der Waals surface area contributed by atoms with Crippen LogP contribution < -0.4 is 10.6 Å². The summed E-state index contributed by atoms with van der Waals surface area (Å²) in [7, 11) is 0. The number of phenols is 1. The first-order chi connectivity index (χ1) is 10.4. The molecule has 0 heterocycles. The molecule has 2 amide bonds. The molecule has 0 saturated heterocycles. The second-order valence-electron chi connectivity index (χ2n) is 5.07. The number of anilines is 1. The van der Waals surface area contributed by atoms with Gasteiger partial charge < -0.3 is 20.8 Å². The average Bonchev–Trinajstić information content (AvgIpc) is 2.46. The Bertz CT molecular complexity index is 567. The van der Waals surface area contributed by atoms with E-state index in [0.29, 0.717) is 24.2 Å². The summed E-state index contributed by atoms with van der Waals surface area (Å²) in [5, 5.41) is 23.6. The van der Waals surface area contributed by atoms with Crippen LogP contribution in [0.5, 0.6) is 5.75 Å². The topological polar surface area (TPSA) is 98.7 Å². The van der Waals surface area contributed by atoms with Crippen molar-refractivity contribution >= 4 is 17.7 Å². The summed E-state index contributed by atoms with van der Waals surface area (Å²) in [6.45, 7) is 3.84. The first kappa shape index (κ1) is 17.6. The zero-order chi connectivity index (χ0) is 16.5. The number of aliphatic carboxylic acids is 1. The Morgan fingerprint density at radius 1 is 1.27 bits per heavy atom. The summed E-state index contributed by atoms with van der Waals surface area (Å²) in [6.07, 6.45) is 3.91. The van der Waals surface area contributed by atoms with Gasteiger partial charge in [0, 0.05) is 23.9 Å². The molecule has 0 radical (unpaired) electrons. The summed E-state index contributed by atoms with van der Waals surface area (Å²) in [5.74, 6) is -0.766. The lowest BCUT2D eigenvalue weighted by atomic mass is 10.2. The van der Waals surface area contributed by atoms with Crippen LogP contribution in [0.4, 0.5) is 10.5 Å². The molecule has 1 aromatic rings. The van der Waals surface area contributed by atoms with Gasteiger partial charge in [0.1, 0.15) is 5.75 Å². The van der Waals surface area contributed by atoms with E-state index in [-0.39, 0.29) is 11.8 Å². The number of allylic oxidation sites excluding steroid dienone is 1. The number of unbranched alkanes of at least 4 members (excludes halogenated alkanes) is 2. The van der Waals surface area contributed by atoms with Gasteiger partial charge in [0.15, 0.2) is 0 Å². The molecule has 0 aliphatic carbocycles. The monoisotopic (exact) mass is 306 g/mol. The first-order valence-corrected chi connectivity index (χ1v) is 7.14. The second kappa shape index (κ2) is 8.71. The number of phenolic OH excluding ortho intramolecular Hbond substituents is 1. The van der Waals surface area contributed by atoms with Crippen molar-refractivity contribution in [3.05, 3.63) is 35.4 Å². The number of hydrogen-bond donors (Lipinski definition) is 4. The average molecular weight is 306 g/mol. The number of urea groups is 1. The molecule has 120 valence electrons. The molecule has 0 atom stereocenters. The first-order valence-electron chi connectivity index (χ1n) is 7.14. The van der Waals surface area contributed by atoms with Crippen molar-refractivity contribution in [2.24, 2.45) is 0 Å². The van der Waals surface area contributed by atoms with E-state index in [9.17, 15) is 14.7 Å². The van der Waals surface area contributed by atoms with Crippen molar-refractivity contribution in [3.8, 4) is 5.75 Å². The molecule has 0 bridgehead atoms. The highest BCUT2D eigenvalue weighted by Gasteiger charge is 2.03. The molecule has 22 heavy (non-hydrogen) atoms. The molecule has 0 aromatic heterocycles. The summed E-state index contributed by atoms with van der Waals surface area (Å²) in [4.78, 5) is 22.2. The Morgan fingerprint density at radius 3 is 2.64 bits per heavy atom. The van der Waals surface area contributed by atoms with E-state index in [4.69, 9.17) is 5.11 Å². The molecular weight excluding hydrogens is 284 g/mol. The highest BCUT2D eigenvalue weighted by atomic mass is 16.4. The molecule has 6 heteroatoms.